The van der Waals surface area contributed by atoms with E-state index < -0.39 is 0 Å². The van der Waals surface area contributed by atoms with Gasteiger partial charge in [-0.15, -0.1) is 0 Å². The molecule has 0 bridgehead atoms. The van der Waals surface area contributed by atoms with Gasteiger partial charge in [0.1, 0.15) is 5.82 Å². The molecule has 4 heteroatoms. The number of hydrogen-bond acceptors (Lipinski definition) is 4. The molecule has 112 valence electrons. The van der Waals surface area contributed by atoms with E-state index in [4.69, 9.17) is 0 Å². The van der Waals surface area contributed by atoms with Gasteiger partial charge in [0, 0.05) is 24.8 Å². The van der Waals surface area contributed by atoms with Gasteiger partial charge in [-0.25, -0.2) is 4.98 Å². The van der Waals surface area contributed by atoms with Crippen molar-refractivity contribution >= 4 is 11.8 Å². The van der Waals surface area contributed by atoms with Crippen molar-refractivity contribution in [1.82, 2.24) is 9.97 Å². The molecular formula is C17H24N4. The van der Waals surface area contributed by atoms with Gasteiger partial charge in [0.15, 0.2) is 0 Å². The largest absolute Gasteiger partial charge is 0.370 e. The summed E-state index contributed by atoms with van der Waals surface area (Å²) in [5.41, 5.74) is 3.62. The van der Waals surface area contributed by atoms with Gasteiger partial charge in [-0.3, -0.25) is 0 Å². The van der Waals surface area contributed by atoms with E-state index in [1.54, 1.807) is 0 Å². The minimum absolute atomic E-state index is 0.704. The molecule has 0 unspecified atom stereocenters. The number of nitrogens with zero attached hydrogens (tertiary/aromatic N) is 2. The van der Waals surface area contributed by atoms with E-state index in [2.05, 4.69) is 58.7 Å². The van der Waals surface area contributed by atoms with Crippen LogP contribution in [-0.2, 0) is 6.42 Å². The van der Waals surface area contributed by atoms with Crippen molar-refractivity contribution in [3.8, 4) is 0 Å². The van der Waals surface area contributed by atoms with Crippen LogP contribution in [0, 0.1) is 13.8 Å². The maximum absolute atomic E-state index is 4.49. The first-order valence-electron chi connectivity index (χ1n) is 7.56. The number of benzene rings is 1. The van der Waals surface area contributed by atoms with Crippen LogP contribution in [0.3, 0.4) is 0 Å². The number of aromatic nitrogens is 2. The van der Waals surface area contributed by atoms with Crippen molar-refractivity contribution in [1.29, 1.82) is 0 Å². The van der Waals surface area contributed by atoms with Crippen molar-refractivity contribution in [3.63, 3.8) is 0 Å². The van der Waals surface area contributed by atoms with E-state index in [0.717, 1.165) is 37.4 Å². The maximum atomic E-state index is 4.49. The summed E-state index contributed by atoms with van der Waals surface area (Å²) in [7, 11) is 0. The molecule has 0 aliphatic heterocycles. The van der Waals surface area contributed by atoms with E-state index in [0.29, 0.717) is 5.95 Å². The molecule has 0 fully saturated rings. The smallest absolute Gasteiger partial charge is 0.224 e. The van der Waals surface area contributed by atoms with Crippen LogP contribution < -0.4 is 10.6 Å². The van der Waals surface area contributed by atoms with Crippen LogP contribution >= 0.6 is 0 Å². The zero-order valence-electron chi connectivity index (χ0n) is 13.1. The molecule has 2 aromatic rings. The Labute approximate surface area is 127 Å². The fraction of sp³-hybridized carbons (Fsp3) is 0.412. The van der Waals surface area contributed by atoms with E-state index in [9.17, 15) is 0 Å². The highest BCUT2D eigenvalue weighted by atomic mass is 15.1. The topological polar surface area (TPSA) is 49.8 Å². The first-order chi connectivity index (χ1) is 10.2. The third-order valence-corrected chi connectivity index (χ3v) is 3.19. The second-order valence-electron chi connectivity index (χ2n) is 5.31. The lowest BCUT2D eigenvalue weighted by Gasteiger charge is -2.09. The van der Waals surface area contributed by atoms with E-state index >= 15 is 0 Å². The zero-order chi connectivity index (χ0) is 15.1. The first kappa shape index (κ1) is 15.3. The molecule has 0 spiro atoms. The molecule has 0 amide bonds. The molecule has 0 aliphatic carbocycles. The van der Waals surface area contributed by atoms with Crippen molar-refractivity contribution < 1.29 is 0 Å². The van der Waals surface area contributed by atoms with Crippen LogP contribution in [-0.4, -0.2) is 23.1 Å². The molecule has 0 saturated heterocycles. The lowest BCUT2D eigenvalue weighted by Crippen LogP contribution is -2.10. The van der Waals surface area contributed by atoms with Crippen LogP contribution in [0.2, 0.25) is 0 Å². The molecule has 0 aliphatic rings. The molecule has 0 atom stereocenters. The molecule has 0 radical (unpaired) electrons. The van der Waals surface area contributed by atoms with Gasteiger partial charge < -0.3 is 10.6 Å². The van der Waals surface area contributed by atoms with Gasteiger partial charge in [-0.05, 0) is 32.3 Å². The lowest BCUT2D eigenvalue weighted by atomic mass is 10.1. The third-order valence-electron chi connectivity index (χ3n) is 3.19. The standard InChI is InChI=1S/C17H24N4/c1-4-9-19-17-20-14(3)12-16(21-17)18-10-8-15-7-5-6-13(2)11-15/h5-7,11-12H,4,8-10H2,1-3H3,(H2,18,19,20,21). The number of aryl methyl sites for hydroxylation is 2. The van der Waals surface area contributed by atoms with Crippen LogP contribution in [0.1, 0.15) is 30.2 Å². The minimum Gasteiger partial charge on any atom is -0.370 e. The third kappa shape index (κ3) is 5.06. The lowest BCUT2D eigenvalue weighted by molar-refractivity contribution is 0.939. The summed E-state index contributed by atoms with van der Waals surface area (Å²) >= 11 is 0. The molecule has 2 rings (SSSR count). The summed E-state index contributed by atoms with van der Waals surface area (Å²) in [5.74, 6) is 1.59. The van der Waals surface area contributed by atoms with E-state index in [1.165, 1.54) is 11.1 Å². The molecule has 2 N–H and O–H groups in total. The highest BCUT2D eigenvalue weighted by Gasteiger charge is 2.01. The fourth-order valence-electron chi connectivity index (χ4n) is 2.18. The normalized spacial score (nSPS) is 10.4. The minimum atomic E-state index is 0.704. The predicted molar refractivity (Wildman–Crippen MR) is 88.9 cm³/mol. The van der Waals surface area contributed by atoms with Crippen molar-refractivity contribution in [3.05, 3.63) is 47.2 Å². The number of rotatable bonds is 7. The number of nitrogens with one attached hydrogen (secondary N) is 2. The van der Waals surface area contributed by atoms with Crippen LogP contribution in [0.25, 0.3) is 0 Å². The summed E-state index contributed by atoms with van der Waals surface area (Å²) in [5, 5.41) is 6.61. The first-order valence-corrected chi connectivity index (χ1v) is 7.56. The molecular weight excluding hydrogens is 260 g/mol. The zero-order valence-corrected chi connectivity index (χ0v) is 13.1. The second-order valence-corrected chi connectivity index (χ2v) is 5.31. The monoisotopic (exact) mass is 284 g/mol. The van der Waals surface area contributed by atoms with E-state index in [-0.39, 0.29) is 0 Å². The highest BCUT2D eigenvalue weighted by Crippen LogP contribution is 2.10. The van der Waals surface area contributed by atoms with Gasteiger partial charge in [0.2, 0.25) is 5.95 Å². The Bertz CT molecular complexity index is 581. The van der Waals surface area contributed by atoms with Crippen LogP contribution in [0.5, 0.6) is 0 Å². The molecule has 0 saturated carbocycles. The average molecular weight is 284 g/mol. The SMILES string of the molecule is CCCNc1nc(C)cc(NCCc2cccc(C)c2)n1. The van der Waals surface area contributed by atoms with Crippen LogP contribution in [0.4, 0.5) is 11.8 Å². The Morgan fingerprint density at radius 1 is 1.00 bits per heavy atom. The van der Waals surface area contributed by atoms with Gasteiger partial charge >= 0.3 is 0 Å². The Morgan fingerprint density at radius 3 is 2.62 bits per heavy atom. The Hall–Kier alpha value is -2.10. The summed E-state index contributed by atoms with van der Waals surface area (Å²) in [6.45, 7) is 8.00. The van der Waals surface area contributed by atoms with Gasteiger partial charge in [0.25, 0.3) is 0 Å². The van der Waals surface area contributed by atoms with Gasteiger partial charge in [-0.1, -0.05) is 36.8 Å². The molecule has 4 nitrogen and oxygen atoms in total. The highest BCUT2D eigenvalue weighted by molar-refractivity contribution is 5.42. The Morgan fingerprint density at radius 2 is 1.86 bits per heavy atom. The van der Waals surface area contributed by atoms with Crippen LogP contribution in [0.15, 0.2) is 30.3 Å². The van der Waals surface area contributed by atoms with Gasteiger partial charge in [0.05, 0.1) is 0 Å². The predicted octanol–water partition coefficient (Wildman–Crippen LogP) is 3.57. The molecule has 1 heterocycles. The van der Waals surface area contributed by atoms with Crippen molar-refractivity contribution in [2.75, 3.05) is 23.7 Å². The fourth-order valence-corrected chi connectivity index (χ4v) is 2.18. The van der Waals surface area contributed by atoms with Crippen molar-refractivity contribution in [2.24, 2.45) is 0 Å². The number of anilines is 2. The average Bonchev–Trinajstić information content (AvgIpc) is 2.45. The summed E-state index contributed by atoms with van der Waals surface area (Å²) in [6.07, 6.45) is 2.05. The summed E-state index contributed by atoms with van der Waals surface area (Å²) in [6, 6.07) is 10.6. The summed E-state index contributed by atoms with van der Waals surface area (Å²) in [4.78, 5) is 8.87. The van der Waals surface area contributed by atoms with Gasteiger partial charge in [-0.2, -0.15) is 4.98 Å². The maximum Gasteiger partial charge on any atom is 0.224 e. The van der Waals surface area contributed by atoms with E-state index in [1.807, 2.05) is 13.0 Å². The Balaban J connectivity index is 1.91. The van der Waals surface area contributed by atoms with Crippen molar-refractivity contribution in [2.45, 2.75) is 33.6 Å². The Kier molecular flexibility index (Phi) is 5.55. The second kappa shape index (κ2) is 7.62. The molecule has 1 aromatic heterocycles. The summed E-state index contributed by atoms with van der Waals surface area (Å²) < 4.78 is 0. The quantitative estimate of drug-likeness (QED) is 0.816. The molecule has 1 aromatic carbocycles. The molecule has 21 heavy (non-hydrogen) atoms. The number of hydrogen-bond donors (Lipinski definition) is 2.